The molecule has 0 saturated carbocycles. The fourth-order valence-corrected chi connectivity index (χ4v) is 4.47. The molecule has 8 nitrogen and oxygen atoms in total. The first-order valence-electron chi connectivity index (χ1n) is 12.2. The van der Waals surface area contributed by atoms with Gasteiger partial charge in [-0.05, 0) is 16.7 Å². The molecule has 3 aromatic carbocycles. The molecular weight excluding hydrogens is 536 g/mol. The van der Waals surface area contributed by atoms with E-state index in [9.17, 15) is 9.59 Å². The van der Waals surface area contributed by atoms with Crippen molar-refractivity contribution < 1.29 is 28.9 Å². The highest BCUT2D eigenvalue weighted by Gasteiger charge is 2.39. The minimum atomic E-state index is -0.794. The van der Waals surface area contributed by atoms with E-state index in [1.807, 2.05) is 54.6 Å². The molecule has 10 heteroatoms. The molecular formula is C29H36N2O6S2. The average Bonchev–Trinajstić information content (AvgIpc) is 3.45. The fraction of sp³-hybridized carbons (Fsp3) is 0.310. The van der Waals surface area contributed by atoms with Gasteiger partial charge in [-0.25, -0.2) is 9.59 Å². The predicted octanol–water partition coefficient (Wildman–Crippen LogP) is 4.10. The van der Waals surface area contributed by atoms with E-state index in [-0.39, 0.29) is 58.0 Å². The Hall–Kier alpha value is -3.18. The van der Waals surface area contributed by atoms with Crippen LogP contribution in [0.3, 0.4) is 0 Å². The summed E-state index contributed by atoms with van der Waals surface area (Å²) in [4.78, 5) is 25.3. The number of likely N-dealkylation sites (N-methyl/N-ethyl adjacent to an activating group) is 2. The number of benzene rings is 3. The lowest BCUT2D eigenvalue weighted by molar-refractivity contribution is -0.0298. The summed E-state index contributed by atoms with van der Waals surface area (Å²) in [5, 5.41) is 8.50. The van der Waals surface area contributed by atoms with E-state index in [0.717, 1.165) is 16.7 Å². The lowest BCUT2D eigenvalue weighted by atomic mass is 9.80. The van der Waals surface area contributed by atoms with Crippen molar-refractivity contribution in [2.75, 3.05) is 40.4 Å². The molecule has 2 atom stereocenters. The molecule has 2 aliphatic rings. The summed E-state index contributed by atoms with van der Waals surface area (Å²) in [5.41, 5.74) is 2.30. The maximum absolute atomic E-state index is 11.8. The fourth-order valence-electron chi connectivity index (χ4n) is 4.47. The molecule has 3 aromatic rings. The summed E-state index contributed by atoms with van der Waals surface area (Å²) >= 11 is 0. The molecule has 2 aliphatic heterocycles. The number of carbonyl (C=O) groups excluding carboxylic acids is 2. The van der Waals surface area contributed by atoms with Crippen molar-refractivity contribution in [2.45, 2.75) is 17.8 Å². The number of hydrogen-bond donors (Lipinski definition) is 1. The molecule has 0 aromatic heterocycles. The Kier molecular flexibility index (Phi) is 12.2. The van der Waals surface area contributed by atoms with Crippen LogP contribution in [0.4, 0.5) is 9.59 Å². The van der Waals surface area contributed by atoms with Crippen LogP contribution >= 0.6 is 27.0 Å². The van der Waals surface area contributed by atoms with Gasteiger partial charge in [-0.2, -0.15) is 27.0 Å². The first-order valence-corrected chi connectivity index (χ1v) is 12.2. The van der Waals surface area contributed by atoms with Crippen molar-refractivity contribution in [2.24, 2.45) is 0 Å². The second kappa shape index (κ2) is 14.8. The van der Waals surface area contributed by atoms with Crippen molar-refractivity contribution in [3.8, 4) is 0 Å². The average molecular weight is 573 g/mol. The number of amides is 2. The van der Waals surface area contributed by atoms with Crippen molar-refractivity contribution in [3.63, 3.8) is 0 Å². The Morgan fingerprint density at radius 1 is 0.718 bits per heavy atom. The van der Waals surface area contributed by atoms with Crippen LogP contribution in [0.25, 0.3) is 0 Å². The quantitative estimate of drug-likeness (QED) is 0.429. The largest absolute Gasteiger partial charge is 0.442 e. The van der Waals surface area contributed by atoms with Crippen molar-refractivity contribution in [1.29, 1.82) is 0 Å². The lowest BCUT2D eigenvalue weighted by Gasteiger charge is -2.36. The monoisotopic (exact) mass is 572 g/mol. The number of aliphatic hydroxyl groups is 1. The molecule has 2 saturated heterocycles. The number of cyclic esters (lactones) is 2. The standard InChI is InChI=1S/C24H23NO3.C5H9NO3.2H2S/c1-25-17-22(28-23(25)26)18-27-24(19-11-5-2-6-12-19,20-13-7-3-8-14-20)21-15-9-4-10-16-21;1-6-2-4(3-7)9-5(6)8;;/h2-16,22H,17-18H2,1H3;4,7H,2-3H2,1H3;2*1H2/t22-;4-;;/m00../s1. The Labute approximate surface area is 243 Å². The van der Waals surface area contributed by atoms with E-state index in [4.69, 9.17) is 14.6 Å². The molecule has 2 amide bonds. The topological polar surface area (TPSA) is 88.5 Å². The van der Waals surface area contributed by atoms with Crippen molar-refractivity contribution >= 4 is 39.2 Å². The highest BCUT2D eigenvalue weighted by Crippen LogP contribution is 2.40. The molecule has 5 rings (SSSR count). The second-order valence-electron chi connectivity index (χ2n) is 9.05. The van der Waals surface area contributed by atoms with Crippen LogP contribution in [0.5, 0.6) is 0 Å². The Morgan fingerprint density at radius 3 is 1.36 bits per heavy atom. The zero-order valence-electron chi connectivity index (χ0n) is 22.0. The van der Waals surface area contributed by atoms with Gasteiger partial charge in [-0.1, -0.05) is 91.0 Å². The second-order valence-corrected chi connectivity index (χ2v) is 9.05. The van der Waals surface area contributed by atoms with Crippen LogP contribution in [-0.2, 0) is 19.8 Å². The molecule has 0 radical (unpaired) electrons. The molecule has 0 bridgehead atoms. The smallest absolute Gasteiger partial charge is 0.410 e. The van der Waals surface area contributed by atoms with Gasteiger partial charge in [0.1, 0.15) is 17.8 Å². The summed E-state index contributed by atoms with van der Waals surface area (Å²) in [6, 6.07) is 30.6. The van der Waals surface area contributed by atoms with Crippen LogP contribution < -0.4 is 0 Å². The summed E-state index contributed by atoms with van der Waals surface area (Å²) in [7, 11) is 3.37. The first-order chi connectivity index (χ1) is 17.9. The normalized spacial score (nSPS) is 18.2. The van der Waals surface area contributed by atoms with Crippen LogP contribution in [0.2, 0.25) is 0 Å². The highest BCUT2D eigenvalue weighted by molar-refractivity contribution is 7.59. The van der Waals surface area contributed by atoms with Gasteiger partial charge in [0.2, 0.25) is 0 Å². The summed E-state index contributed by atoms with van der Waals surface area (Å²) < 4.78 is 16.8. The number of nitrogens with zero attached hydrogens (tertiary/aromatic N) is 2. The van der Waals surface area contributed by atoms with Gasteiger partial charge in [0.25, 0.3) is 0 Å². The number of aliphatic hydroxyl groups excluding tert-OH is 1. The van der Waals surface area contributed by atoms with Gasteiger partial charge in [0, 0.05) is 14.1 Å². The third-order valence-electron chi connectivity index (χ3n) is 6.34. The maximum atomic E-state index is 11.8. The third kappa shape index (κ3) is 7.48. The molecule has 2 heterocycles. The van der Waals surface area contributed by atoms with E-state index >= 15 is 0 Å². The Bertz CT molecular complexity index is 1070. The molecule has 0 aliphatic carbocycles. The van der Waals surface area contributed by atoms with E-state index in [1.54, 1.807) is 19.0 Å². The Balaban J connectivity index is 0.000000416. The molecule has 0 spiro atoms. The zero-order chi connectivity index (χ0) is 26.3. The molecule has 2 fully saturated rings. The SMILES string of the molecule is CN1C[C@@H](CO)OC1=O.CN1C[C@@H](COC(c2ccccc2)(c2ccccc2)c2ccccc2)OC1=O.S.S. The van der Waals surface area contributed by atoms with E-state index < -0.39 is 5.60 Å². The summed E-state index contributed by atoms with van der Waals surface area (Å²) in [6.07, 6.45) is -1.28. The summed E-state index contributed by atoms with van der Waals surface area (Å²) in [5.74, 6) is 0. The van der Waals surface area contributed by atoms with E-state index in [2.05, 4.69) is 41.1 Å². The van der Waals surface area contributed by atoms with Gasteiger partial charge in [0.05, 0.1) is 26.3 Å². The van der Waals surface area contributed by atoms with Gasteiger partial charge in [-0.15, -0.1) is 0 Å². The first kappa shape index (κ1) is 32.0. The van der Waals surface area contributed by atoms with Crippen molar-refractivity contribution in [1.82, 2.24) is 9.80 Å². The number of ether oxygens (including phenoxy) is 3. The molecule has 1 N–H and O–H groups in total. The highest BCUT2D eigenvalue weighted by atomic mass is 32.1. The zero-order valence-corrected chi connectivity index (χ0v) is 24.0. The molecule has 210 valence electrons. The van der Waals surface area contributed by atoms with Gasteiger partial charge in [-0.3, -0.25) is 0 Å². The van der Waals surface area contributed by atoms with Gasteiger partial charge < -0.3 is 29.1 Å². The van der Waals surface area contributed by atoms with Crippen LogP contribution in [0.15, 0.2) is 91.0 Å². The van der Waals surface area contributed by atoms with E-state index in [0.29, 0.717) is 19.7 Å². The molecule has 0 unspecified atom stereocenters. The minimum absolute atomic E-state index is 0. The predicted molar refractivity (Wildman–Crippen MR) is 159 cm³/mol. The van der Waals surface area contributed by atoms with Crippen LogP contribution in [0.1, 0.15) is 16.7 Å². The lowest BCUT2D eigenvalue weighted by Crippen LogP contribution is -2.36. The van der Waals surface area contributed by atoms with Gasteiger partial charge >= 0.3 is 12.2 Å². The Morgan fingerprint density at radius 2 is 1.08 bits per heavy atom. The minimum Gasteiger partial charge on any atom is -0.442 e. The number of rotatable bonds is 7. The molecule has 39 heavy (non-hydrogen) atoms. The third-order valence-corrected chi connectivity index (χ3v) is 6.34. The van der Waals surface area contributed by atoms with Crippen LogP contribution in [0, 0.1) is 0 Å². The number of hydrogen-bond acceptors (Lipinski definition) is 6. The summed E-state index contributed by atoms with van der Waals surface area (Å²) in [6.45, 7) is 1.23. The van der Waals surface area contributed by atoms with Crippen molar-refractivity contribution in [3.05, 3.63) is 108 Å². The number of carbonyl (C=O) groups is 2. The van der Waals surface area contributed by atoms with Gasteiger partial charge in [0.15, 0.2) is 0 Å². The maximum Gasteiger partial charge on any atom is 0.410 e. The van der Waals surface area contributed by atoms with Crippen LogP contribution in [-0.4, -0.2) is 79.7 Å². The van der Waals surface area contributed by atoms with E-state index in [1.165, 1.54) is 4.90 Å².